The molecule has 2 amide bonds. The lowest BCUT2D eigenvalue weighted by molar-refractivity contribution is -0.140. The monoisotopic (exact) mass is 444 g/mol. The number of benzene rings is 3. The van der Waals surface area contributed by atoms with Crippen molar-refractivity contribution in [1.82, 2.24) is 4.90 Å². The Labute approximate surface area is 191 Å². The molecule has 0 saturated heterocycles. The summed E-state index contributed by atoms with van der Waals surface area (Å²) >= 11 is 0. The van der Waals surface area contributed by atoms with Crippen LogP contribution in [-0.2, 0) is 16.1 Å². The summed E-state index contributed by atoms with van der Waals surface area (Å²) in [7, 11) is 0. The number of nitrogens with zero attached hydrogens (tertiary/aromatic N) is 1. The van der Waals surface area contributed by atoms with Gasteiger partial charge < -0.3 is 24.4 Å². The molecule has 3 aromatic carbocycles. The van der Waals surface area contributed by atoms with E-state index in [1.54, 1.807) is 11.0 Å². The van der Waals surface area contributed by atoms with Crippen LogP contribution in [0.5, 0.6) is 17.2 Å². The first-order valence-corrected chi connectivity index (χ1v) is 10.8. The molecule has 7 heteroatoms. The third-order valence-corrected chi connectivity index (χ3v) is 5.96. The van der Waals surface area contributed by atoms with Crippen molar-refractivity contribution in [3.63, 3.8) is 0 Å². The lowest BCUT2D eigenvalue weighted by Gasteiger charge is -2.30. The van der Waals surface area contributed by atoms with Gasteiger partial charge in [-0.2, -0.15) is 0 Å². The van der Waals surface area contributed by atoms with Crippen molar-refractivity contribution >= 4 is 17.5 Å². The molecule has 1 unspecified atom stereocenters. The number of nitrogens with one attached hydrogen (secondary N) is 1. The minimum atomic E-state index is -0.861. The molecule has 0 fully saturated rings. The van der Waals surface area contributed by atoms with Crippen LogP contribution in [0.3, 0.4) is 0 Å². The van der Waals surface area contributed by atoms with Crippen molar-refractivity contribution < 1.29 is 23.8 Å². The van der Waals surface area contributed by atoms with Crippen LogP contribution in [0.1, 0.15) is 28.3 Å². The second-order valence-electron chi connectivity index (χ2n) is 8.19. The summed E-state index contributed by atoms with van der Waals surface area (Å²) in [5.74, 6) is 1.26. The average Bonchev–Trinajstić information content (AvgIpc) is 3.23. The van der Waals surface area contributed by atoms with Gasteiger partial charge in [0.05, 0.1) is 0 Å². The zero-order chi connectivity index (χ0) is 22.9. The normalized spacial score (nSPS) is 16.6. The number of fused-ring (bicyclic) bond motifs is 2. The quantitative estimate of drug-likeness (QED) is 0.655. The topological polar surface area (TPSA) is 77.1 Å². The van der Waals surface area contributed by atoms with E-state index in [1.807, 2.05) is 68.4 Å². The first kappa shape index (κ1) is 20.9. The summed E-state index contributed by atoms with van der Waals surface area (Å²) in [4.78, 5) is 28.5. The van der Waals surface area contributed by atoms with Crippen LogP contribution in [0.2, 0.25) is 0 Å². The van der Waals surface area contributed by atoms with Gasteiger partial charge in [-0.1, -0.05) is 42.5 Å². The highest BCUT2D eigenvalue weighted by Gasteiger charge is 2.36. The van der Waals surface area contributed by atoms with Gasteiger partial charge in [0.15, 0.2) is 18.1 Å². The zero-order valence-electron chi connectivity index (χ0n) is 18.5. The van der Waals surface area contributed by atoms with Gasteiger partial charge in [-0.05, 0) is 48.7 Å². The highest BCUT2D eigenvalue weighted by atomic mass is 16.7. The summed E-state index contributed by atoms with van der Waals surface area (Å²) < 4.78 is 16.6. The van der Waals surface area contributed by atoms with E-state index in [0.717, 1.165) is 22.4 Å². The van der Waals surface area contributed by atoms with Gasteiger partial charge in [-0.3, -0.25) is 9.59 Å². The Hall–Kier alpha value is -4.00. The highest BCUT2D eigenvalue weighted by Crippen LogP contribution is 2.37. The number of anilines is 1. The summed E-state index contributed by atoms with van der Waals surface area (Å²) in [6.07, 6.45) is 0. The maximum atomic E-state index is 13.7. The number of carbonyl (C=O) groups is 2. The van der Waals surface area contributed by atoms with E-state index < -0.39 is 6.04 Å². The Balaban J connectivity index is 1.53. The summed E-state index contributed by atoms with van der Waals surface area (Å²) in [6.45, 7) is 4.14. The SMILES string of the molecule is Cc1cccc(C)c1NC(=O)C1c2ccccc2OCC(=O)N1Cc1ccc2c(c1)OCO2. The Morgan fingerprint density at radius 2 is 1.70 bits per heavy atom. The van der Waals surface area contributed by atoms with Crippen LogP contribution >= 0.6 is 0 Å². The van der Waals surface area contributed by atoms with E-state index in [-0.39, 0.29) is 31.8 Å². The molecule has 2 heterocycles. The van der Waals surface area contributed by atoms with Crippen LogP contribution in [0.4, 0.5) is 5.69 Å². The van der Waals surface area contributed by atoms with Crippen LogP contribution < -0.4 is 19.5 Å². The van der Waals surface area contributed by atoms with Gasteiger partial charge in [-0.15, -0.1) is 0 Å². The number of rotatable bonds is 4. The largest absolute Gasteiger partial charge is 0.483 e. The molecule has 5 rings (SSSR count). The number of ether oxygens (including phenoxy) is 3. The maximum absolute atomic E-state index is 13.7. The minimum absolute atomic E-state index is 0.144. The molecule has 33 heavy (non-hydrogen) atoms. The van der Waals surface area contributed by atoms with Crippen LogP contribution in [0.15, 0.2) is 60.7 Å². The fraction of sp³-hybridized carbons (Fsp3) is 0.231. The second kappa shape index (κ2) is 8.50. The van der Waals surface area contributed by atoms with E-state index in [9.17, 15) is 9.59 Å². The van der Waals surface area contributed by atoms with Crippen molar-refractivity contribution in [3.8, 4) is 17.2 Å². The van der Waals surface area contributed by atoms with Crippen LogP contribution in [0.25, 0.3) is 0 Å². The molecule has 2 aliphatic heterocycles. The Kier molecular flexibility index (Phi) is 5.38. The molecule has 7 nitrogen and oxygen atoms in total. The molecule has 3 aromatic rings. The number of hydrogen-bond donors (Lipinski definition) is 1. The van der Waals surface area contributed by atoms with Crippen LogP contribution in [-0.4, -0.2) is 30.1 Å². The molecular formula is C26H24N2O5. The predicted molar refractivity (Wildman–Crippen MR) is 122 cm³/mol. The van der Waals surface area contributed by atoms with Gasteiger partial charge in [0.1, 0.15) is 11.8 Å². The predicted octanol–water partition coefficient (Wildman–Crippen LogP) is 4.13. The number of para-hydroxylation sites is 2. The molecule has 2 aliphatic rings. The lowest BCUT2D eigenvalue weighted by Crippen LogP contribution is -2.41. The molecule has 0 spiro atoms. The molecular weight excluding hydrogens is 420 g/mol. The Morgan fingerprint density at radius 1 is 0.939 bits per heavy atom. The molecule has 0 bridgehead atoms. The number of amides is 2. The van der Waals surface area contributed by atoms with Gasteiger partial charge in [0.25, 0.3) is 11.8 Å². The average molecular weight is 444 g/mol. The maximum Gasteiger partial charge on any atom is 0.261 e. The van der Waals surface area contributed by atoms with Crippen molar-refractivity contribution in [2.75, 3.05) is 18.7 Å². The number of carbonyl (C=O) groups excluding carboxylic acids is 2. The van der Waals surface area contributed by atoms with Gasteiger partial charge in [0, 0.05) is 17.8 Å². The standard InChI is InChI=1S/C26H24N2O5/c1-16-6-5-7-17(2)24(16)27-26(30)25-19-8-3-4-9-20(19)31-14-23(29)28(25)13-18-10-11-21-22(12-18)33-15-32-21/h3-12,25H,13-15H2,1-2H3,(H,27,30). The van der Waals surface area contributed by atoms with E-state index >= 15 is 0 Å². The number of hydrogen-bond acceptors (Lipinski definition) is 5. The second-order valence-corrected chi connectivity index (χ2v) is 8.19. The minimum Gasteiger partial charge on any atom is -0.483 e. The van der Waals surface area contributed by atoms with Crippen molar-refractivity contribution in [1.29, 1.82) is 0 Å². The van der Waals surface area contributed by atoms with Crippen LogP contribution in [0, 0.1) is 13.8 Å². The Bertz CT molecular complexity index is 1220. The van der Waals surface area contributed by atoms with E-state index in [4.69, 9.17) is 14.2 Å². The summed E-state index contributed by atoms with van der Waals surface area (Å²) in [6, 6.07) is 17.8. The first-order chi connectivity index (χ1) is 16.0. The Morgan fingerprint density at radius 3 is 2.52 bits per heavy atom. The van der Waals surface area contributed by atoms with Gasteiger partial charge >= 0.3 is 0 Å². The van der Waals surface area contributed by atoms with Crippen molar-refractivity contribution in [2.24, 2.45) is 0 Å². The van der Waals surface area contributed by atoms with Gasteiger partial charge in [0.2, 0.25) is 6.79 Å². The molecule has 0 radical (unpaired) electrons. The molecule has 1 N–H and O–H groups in total. The molecule has 0 aliphatic carbocycles. The fourth-order valence-corrected chi connectivity index (χ4v) is 4.27. The number of aryl methyl sites for hydroxylation is 2. The van der Waals surface area contributed by atoms with E-state index in [0.29, 0.717) is 22.8 Å². The van der Waals surface area contributed by atoms with Gasteiger partial charge in [-0.25, -0.2) is 0 Å². The van der Waals surface area contributed by atoms with Crippen molar-refractivity contribution in [2.45, 2.75) is 26.4 Å². The molecule has 0 aromatic heterocycles. The molecule has 1 atom stereocenters. The lowest BCUT2D eigenvalue weighted by atomic mass is 10.0. The third kappa shape index (κ3) is 3.98. The molecule has 168 valence electrons. The summed E-state index contributed by atoms with van der Waals surface area (Å²) in [5, 5.41) is 3.06. The fourth-order valence-electron chi connectivity index (χ4n) is 4.27. The van der Waals surface area contributed by atoms with E-state index in [1.165, 1.54) is 0 Å². The highest BCUT2D eigenvalue weighted by molar-refractivity contribution is 5.99. The smallest absolute Gasteiger partial charge is 0.261 e. The first-order valence-electron chi connectivity index (χ1n) is 10.8. The summed E-state index contributed by atoms with van der Waals surface area (Å²) in [5.41, 5.74) is 4.13. The third-order valence-electron chi connectivity index (χ3n) is 5.96. The molecule has 0 saturated carbocycles. The van der Waals surface area contributed by atoms with Crippen molar-refractivity contribution in [3.05, 3.63) is 82.9 Å². The van der Waals surface area contributed by atoms with E-state index in [2.05, 4.69) is 5.32 Å². The zero-order valence-corrected chi connectivity index (χ0v) is 18.5.